The zero-order valence-corrected chi connectivity index (χ0v) is 14.3. The zero-order chi connectivity index (χ0) is 17.8. The van der Waals surface area contributed by atoms with Crippen LogP contribution in [0.25, 0.3) is 0 Å². The van der Waals surface area contributed by atoms with Crippen molar-refractivity contribution in [2.75, 3.05) is 19.6 Å². The molecule has 2 aromatic heterocycles. The van der Waals surface area contributed by atoms with Crippen LogP contribution in [0.15, 0.2) is 29.6 Å². The topological polar surface area (TPSA) is 56.0 Å². The van der Waals surface area contributed by atoms with E-state index < -0.39 is 17.7 Å². The van der Waals surface area contributed by atoms with Gasteiger partial charge in [0.25, 0.3) is 12.0 Å². The highest BCUT2D eigenvalue weighted by Crippen LogP contribution is 2.19. The number of imidazole rings is 1. The summed E-state index contributed by atoms with van der Waals surface area (Å²) in [6.07, 6.45) is 5.21. The summed E-state index contributed by atoms with van der Waals surface area (Å²) >= 11 is 0. The molecule has 3 rings (SSSR count). The Bertz CT molecular complexity index is 749. The standard InChI is InChI=1S/C17H23F2N5O/c1-22-9-5-20-15(22)4-8-23-6-2-13(3-7-23)11-24-12-21-14(17(18)19)10-16(24)25/h5,9-10,12-13,17H,2-4,6-8,11H2,1H3. The molecule has 1 saturated heterocycles. The second-order valence-corrected chi connectivity index (χ2v) is 6.59. The normalized spacial score (nSPS) is 16.6. The van der Waals surface area contributed by atoms with Gasteiger partial charge in [0.15, 0.2) is 0 Å². The Morgan fingerprint density at radius 3 is 2.64 bits per heavy atom. The third-order valence-corrected chi connectivity index (χ3v) is 4.86. The molecule has 6 nitrogen and oxygen atoms in total. The van der Waals surface area contributed by atoms with E-state index in [1.54, 1.807) is 0 Å². The van der Waals surface area contributed by atoms with E-state index in [1.807, 2.05) is 24.0 Å². The molecule has 1 aliphatic rings. The third-order valence-electron chi connectivity index (χ3n) is 4.86. The number of likely N-dealkylation sites (tertiary alicyclic amines) is 1. The van der Waals surface area contributed by atoms with Gasteiger partial charge in [0.1, 0.15) is 11.5 Å². The van der Waals surface area contributed by atoms with Crippen molar-refractivity contribution < 1.29 is 8.78 Å². The summed E-state index contributed by atoms with van der Waals surface area (Å²) in [4.78, 5) is 22.3. The van der Waals surface area contributed by atoms with Crippen molar-refractivity contribution in [2.24, 2.45) is 13.0 Å². The number of hydrogen-bond donors (Lipinski definition) is 0. The average Bonchev–Trinajstić information content (AvgIpc) is 3.01. The monoisotopic (exact) mass is 351 g/mol. The molecule has 0 atom stereocenters. The van der Waals surface area contributed by atoms with Gasteiger partial charge in [0, 0.05) is 45.0 Å². The Morgan fingerprint density at radius 1 is 1.28 bits per heavy atom. The molecule has 8 heteroatoms. The summed E-state index contributed by atoms with van der Waals surface area (Å²) < 4.78 is 28.6. The van der Waals surface area contributed by atoms with Gasteiger partial charge < -0.3 is 9.47 Å². The van der Waals surface area contributed by atoms with E-state index in [9.17, 15) is 13.6 Å². The molecule has 3 heterocycles. The Kier molecular flexibility index (Phi) is 5.57. The van der Waals surface area contributed by atoms with E-state index in [-0.39, 0.29) is 0 Å². The molecule has 0 bridgehead atoms. The molecule has 0 spiro atoms. The van der Waals surface area contributed by atoms with E-state index in [0.717, 1.165) is 50.8 Å². The first-order valence-corrected chi connectivity index (χ1v) is 8.56. The Morgan fingerprint density at radius 2 is 2.04 bits per heavy atom. The highest BCUT2D eigenvalue weighted by atomic mass is 19.3. The lowest BCUT2D eigenvalue weighted by Gasteiger charge is -2.32. The quantitative estimate of drug-likeness (QED) is 0.797. The van der Waals surface area contributed by atoms with Crippen LogP contribution in [0, 0.1) is 5.92 Å². The van der Waals surface area contributed by atoms with Gasteiger partial charge in [-0.15, -0.1) is 0 Å². The van der Waals surface area contributed by atoms with Crippen molar-refractivity contribution in [3.05, 3.63) is 46.7 Å². The Labute approximate surface area is 145 Å². The number of rotatable bonds is 6. The van der Waals surface area contributed by atoms with Gasteiger partial charge in [-0.3, -0.25) is 9.36 Å². The maximum Gasteiger partial charge on any atom is 0.280 e. The van der Waals surface area contributed by atoms with Crippen molar-refractivity contribution >= 4 is 0 Å². The molecule has 0 radical (unpaired) electrons. The van der Waals surface area contributed by atoms with Gasteiger partial charge >= 0.3 is 0 Å². The lowest BCUT2D eigenvalue weighted by atomic mass is 9.96. The molecule has 0 saturated carbocycles. The lowest BCUT2D eigenvalue weighted by molar-refractivity contribution is 0.145. The summed E-state index contributed by atoms with van der Waals surface area (Å²) in [6, 6.07) is 0.937. The van der Waals surface area contributed by atoms with Gasteiger partial charge in [-0.1, -0.05) is 0 Å². The fourth-order valence-electron chi connectivity index (χ4n) is 3.26. The van der Waals surface area contributed by atoms with Gasteiger partial charge in [-0.25, -0.2) is 18.7 Å². The molecule has 1 aliphatic heterocycles. The van der Waals surface area contributed by atoms with E-state index >= 15 is 0 Å². The number of piperidine rings is 1. The zero-order valence-electron chi connectivity index (χ0n) is 14.3. The summed E-state index contributed by atoms with van der Waals surface area (Å²) in [6.45, 7) is 3.48. The summed E-state index contributed by atoms with van der Waals surface area (Å²) in [7, 11) is 2.00. The predicted molar refractivity (Wildman–Crippen MR) is 89.5 cm³/mol. The predicted octanol–water partition coefficient (Wildman–Crippen LogP) is 1.87. The van der Waals surface area contributed by atoms with Gasteiger partial charge in [0.05, 0.1) is 6.33 Å². The maximum absolute atomic E-state index is 12.6. The number of halogens is 2. The summed E-state index contributed by atoms with van der Waals surface area (Å²) in [5, 5.41) is 0. The van der Waals surface area contributed by atoms with Crippen LogP contribution in [0.2, 0.25) is 0 Å². The van der Waals surface area contributed by atoms with E-state index in [1.165, 1.54) is 10.9 Å². The minimum Gasteiger partial charge on any atom is -0.338 e. The number of aromatic nitrogens is 4. The van der Waals surface area contributed by atoms with E-state index in [0.29, 0.717) is 12.5 Å². The minimum absolute atomic E-state index is 0.376. The molecule has 0 aliphatic carbocycles. The average molecular weight is 351 g/mol. The van der Waals surface area contributed by atoms with Gasteiger partial charge in [0.2, 0.25) is 0 Å². The molecular formula is C17H23F2N5O. The van der Waals surface area contributed by atoms with Crippen molar-refractivity contribution in [3.63, 3.8) is 0 Å². The molecular weight excluding hydrogens is 328 g/mol. The molecule has 0 aromatic carbocycles. The molecule has 2 aromatic rings. The first kappa shape index (κ1) is 17.7. The van der Waals surface area contributed by atoms with Crippen molar-refractivity contribution in [2.45, 2.75) is 32.2 Å². The van der Waals surface area contributed by atoms with Crippen LogP contribution in [0.1, 0.15) is 30.8 Å². The van der Waals surface area contributed by atoms with Crippen molar-refractivity contribution in [1.29, 1.82) is 0 Å². The van der Waals surface area contributed by atoms with Crippen molar-refractivity contribution in [1.82, 2.24) is 24.0 Å². The number of aryl methyl sites for hydroxylation is 1. The van der Waals surface area contributed by atoms with Crippen LogP contribution >= 0.6 is 0 Å². The number of alkyl halides is 2. The SMILES string of the molecule is Cn1ccnc1CCN1CCC(Cn2cnc(C(F)F)cc2=O)CC1. The molecule has 136 valence electrons. The van der Waals surface area contributed by atoms with Crippen LogP contribution in [0.4, 0.5) is 8.78 Å². The smallest absolute Gasteiger partial charge is 0.280 e. The molecule has 0 N–H and O–H groups in total. The van der Waals surface area contributed by atoms with E-state index in [4.69, 9.17) is 0 Å². The highest BCUT2D eigenvalue weighted by Gasteiger charge is 2.20. The molecule has 25 heavy (non-hydrogen) atoms. The van der Waals surface area contributed by atoms with Gasteiger partial charge in [-0.2, -0.15) is 0 Å². The van der Waals surface area contributed by atoms with E-state index in [2.05, 4.69) is 14.9 Å². The second-order valence-electron chi connectivity index (χ2n) is 6.59. The largest absolute Gasteiger partial charge is 0.338 e. The fourth-order valence-corrected chi connectivity index (χ4v) is 3.26. The van der Waals surface area contributed by atoms with Crippen LogP contribution < -0.4 is 5.56 Å². The summed E-state index contributed by atoms with van der Waals surface area (Å²) in [5.41, 5.74) is -0.854. The van der Waals surface area contributed by atoms with Crippen LogP contribution in [0.3, 0.4) is 0 Å². The summed E-state index contributed by atoms with van der Waals surface area (Å²) in [5.74, 6) is 1.46. The second kappa shape index (κ2) is 7.86. The first-order valence-electron chi connectivity index (χ1n) is 8.56. The maximum atomic E-state index is 12.6. The molecule has 0 unspecified atom stereocenters. The van der Waals surface area contributed by atoms with Gasteiger partial charge in [-0.05, 0) is 31.8 Å². The van der Waals surface area contributed by atoms with Crippen LogP contribution in [-0.2, 0) is 20.0 Å². The number of nitrogens with zero attached hydrogens (tertiary/aromatic N) is 5. The minimum atomic E-state index is -2.70. The van der Waals surface area contributed by atoms with Crippen molar-refractivity contribution in [3.8, 4) is 0 Å². The third kappa shape index (κ3) is 4.50. The highest BCUT2D eigenvalue weighted by molar-refractivity contribution is 5.01. The number of hydrogen-bond acceptors (Lipinski definition) is 4. The lowest BCUT2D eigenvalue weighted by Crippen LogP contribution is -2.37. The first-order chi connectivity index (χ1) is 12.0. The fraction of sp³-hybridized carbons (Fsp3) is 0.588. The van der Waals surface area contributed by atoms with Crippen LogP contribution in [0.5, 0.6) is 0 Å². The van der Waals surface area contributed by atoms with Crippen LogP contribution in [-0.4, -0.2) is 43.6 Å². The Hall–Kier alpha value is -2.09. The molecule has 1 fully saturated rings. The molecule has 0 amide bonds. The Balaban J connectivity index is 1.48.